The Bertz CT molecular complexity index is 612. The van der Waals surface area contributed by atoms with Crippen molar-refractivity contribution in [1.82, 2.24) is 14.8 Å². The number of aromatic carboxylic acids is 1. The summed E-state index contributed by atoms with van der Waals surface area (Å²) in [5.74, 6) is -0.759. The second-order valence-electron chi connectivity index (χ2n) is 5.20. The van der Waals surface area contributed by atoms with E-state index >= 15 is 0 Å². The van der Waals surface area contributed by atoms with Crippen LogP contribution >= 0.6 is 11.6 Å². The van der Waals surface area contributed by atoms with Crippen molar-refractivity contribution in [2.24, 2.45) is 0 Å². The smallest absolute Gasteiger partial charge is 0.375 e. The number of benzene rings is 1. The van der Waals surface area contributed by atoms with E-state index in [2.05, 4.69) is 10.1 Å². The molecule has 1 heterocycles. The average Bonchev–Trinajstić information content (AvgIpc) is 2.74. The summed E-state index contributed by atoms with van der Waals surface area (Å²) in [6.07, 6.45) is 0. The van der Waals surface area contributed by atoms with Crippen molar-refractivity contribution in [2.45, 2.75) is 26.2 Å². The topological polar surface area (TPSA) is 68.0 Å². The summed E-state index contributed by atoms with van der Waals surface area (Å²) in [4.78, 5) is 15.1. The molecule has 0 amide bonds. The quantitative estimate of drug-likeness (QED) is 0.918. The molecule has 5 nitrogen and oxygen atoms in total. The lowest BCUT2D eigenvalue weighted by Crippen LogP contribution is -2.18. The van der Waals surface area contributed by atoms with Gasteiger partial charge in [-0.25, -0.2) is 14.5 Å². The van der Waals surface area contributed by atoms with Gasteiger partial charge in [0.2, 0.25) is 0 Å². The minimum atomic E-state index is -1.14. The number of carboxylic acid groups (broad SMARTS) is 1. The normalized spacial score (nSPS) is 11.6. The number of hydrogen-bond acceptors (Lipinski definition) is 3. The van der Waals surface area contributed by atoms with Gasteiger partial charge in [0.05, 0.1) is 5.69 Å². The zero-order chi connectivity index (χ0) is 14.2. The van der Waals surface area contributed by atoms with Crippen LogP contribution in [0.3, 0.4) is 0 Å². The first-order valence-electron chi connectivity index (χ1n) is 5.76. The van der Waals surface area contributed by atoms with E-state index in [1.807, 2.05) is 20.8 Å². The zero-order valence-electron chi connectivity index (χ0n) is 10.9. The summed E-state index contributed by atoms with van der Waals surface area (Å²) >= 11 is 5.85. The van der Waals surface area contributed by atoms with Crippen LogP contribution in [0.15, 0.2) is 24.3 Å². The van der Waals surface area contributed by atoms with Gasteiger partial charge in [0.15, 0.2) is 0 Å². The van der Waals surface area contributed by atoms with Crippen molar-refractivity contribution >= 4 is 17.6 Å². The largest absolute Gasteiger partial charge is 0.475 e. The number of aromatic nitrogens is 3. The Hall–Kier alpha value is -1.88. The predicted octanol–water partition coefficient (Wildman–Crippen LogP) is 2.92. The molecule has 0 radical (unpaired) electrons. The van der Waals surface area contributed by atoms with Crippen LogP contribution in [0.4, 0.5) is 0 Å². The molecule has 0 saturated carbocycles. The van der Waals surface area contributed by atoms with Gasteiger partial charge in [-0.3, -0.25) is 0 Å². The molecule has 0 aliphatic carbocycles. The Kier molecular flexibility index (Phi) is 3.32. The van der Waals surface area contributed by atoms with E-state index in [4.69, 9.17) is 16.7 Å². The predicted molar refractivity (Wildman–Crippen MR) is 72.0 cm³/mol. The van der Waals surface area contributed by atoms with Crippen molar-refractivity contribution < 1.29 is 9.90 Å². The molecule has 2 rings (SSSR count). The third kappa shape index (κ3) is 2.76. The highest BCUT2D eigenvalue weighted by Gasteiger charge is 2.25. The molecule has 19 heavy (non-hydrogen) atoms. The fraction of sp³-hybridized carbons (Fsp3) is 0.308. The number of carboxylic acids is 1. The first-order valence-corrected chi connectivity index (χ1v) is 6.13. The monoisotopic (exact) mass is 279 g/mol. The fourth-order valence-electron chi connectivity index (χ4n) is 1.65. The van der Waals surface area contributed by atoms with Crippen molar-refractivity contribution in [3.05, 3.63) is 40.9 Å². The third-order valence-electron chi connectivity index (χ3n) is 2.54. The van der Waals surface area contributed by atoms with Crippen molar-refractivity contribution in [3.8, 4) is 5.69 Å². The highest BCUT2D eigenvalue weighted by molar-refractivity contribution is 6.30. The highest BCUT2D eigenvalue weighted by Crippen LogP contribution is 2.24. The lowest BCUT2D eigenvalue weighted by atomic mass is 9.95. The number of halogens is 1. The summed E-state index contributed by atoms with van der Waals surface area (Å²) < 4.78 is 1.54. The third-order valence-corrected chi connectivity index (χ3v) is 2.79. The molecule has 0 atom stereocenters. The molecule has 6 heteroatoms. The van der Waals surface area contributed by atoms with E-state index in [-0.39, 0.29) is 11.2 Å². The number of carbonyl (C=O) groups is 1. The summed E-state index contributed by atoms with van der Waals surface area (Å²) in [7, 11) is 0. The summed E-state index contributed by atoms with van der Waals surface area (Å²) in [5, 5.41) is 13.7. The first-order chi connectivity index (χ1) is 8.79. The van der Waals surface area contributed by atoms with E-state index in [1.165, 1.54) is 0 Å². The Morgan fingerprint density at radius 1 is 1.26 bits per heavy atom. The van der Waals surface area contributed by atoms with Crippen LogP contribution in [0.5, 0.6) is 0 Å². The van der Waals surface area contributed by atoms with Crippen molar-refractivity contribution in [2.75, 3.05) is 0 Å². The van der Waals surface area contributed by atoms with Gasteiger partial charge in [0.1, 0.15) is 5.82 Å². The van der Waals surface area contributed by atoms with E-state index in [0.29, 0.717) is 10.8 Å². The van der Waals surface area contributed by atoms with Gasteiger partial charge in [-0.15, -0.1) is 5.10 Å². The van der Waals surface area contributed by atoms with E-state index in [0.717, 1.165) is 5.69 Å². The second-order valence-corrected chi connectivity index (χ2v) is 5.64. The fourth-order valence-corrected chi connectivity index (χ4v) is 1.78. The van der Waals surface area contributed by atoms with E-state index in [9.17, 15) is 4.79 Å². The Balaban J connectivity index is 2.61. The number of rotatable bonds is 2. The minimum absolute atomic E-state index is 0.208. The lowest BCUT2D eigenvalue weighted by Gasteiger charge is -2.18. The standard InChI is InChI=1S/C13H14ClN3O2/c1-13(2,3)12-15-10(11(18)19)16-17(12)9-6-4-8(14)5-7-9/h4-7H,1-3H3,(H,18,19). The molecule has 0 unspecified atom stereocenters. The molecular weight excluding hydrogens is 266 g/mol. The Labute approximate surface area is 115 Å². The van der Waals surface area contributed by atoms with Gasteiger partial charge in [-0.1, -0.05) is 32.4 Å². The molecule has 1 N–H and O–H groups in total. The van der Waals surface area contributed by atoms with Gasteiger partial charge in [0, 0.05) is 10.4 Å². The molecule has 0 fully saturated rings. The molecule has 0 spiro atoms. The first kappa shape index (κ1) is 13.5. The maximum absolute atomic E-state index is 11.0. The van der Waals surface area contributed by atoms with Crippen molar-refractivity contribution in [3.63, 3.8) is 0 Å². The minimum Gasteiger partial charge on any atom is -0.475 e. The van der Waals surface area contributed by atoms with Crippen LogP contribution in [0.1, 0.15) is 37.2 Å². The number of hydrogen-bond donors (Lipinski definition) is 1. The molecule has 1 aromatic heterocycles. The van der Waals surface area contributed by atoms with Crippen LogP contribution in [0.25, 0.3) is 5.69 Å². The average molecular weight is 280 g/mol. The molecule has 0 bridgehead atoms. The SMILES string of the molecule is CC(C)(C)c1nc(C(=O)O)nn1-c1ccc(Cl)cc1. The summed E-state index contributed by atoms with van der Waals surface area (Å²) in [5.41, 5.74) is 0.412. The van der Waals surface area contributed by atoms with Crippen LogP contribution in [0, 0.1) is 0 Å². The van der Waals surface area contributed by atoms with Crippen LogP contribution in [-0.2, 0) is 5.41 Å². The maximum atomic E-state index is 11.0. The maximum Gasteiger partial charge on any atom is 0.375 e. The number of nitrogens with zero attached hydrogens (tertiary/aromatic N) is 3. The van der Waals surface area contributed by atoms with Gasteiger partial charge in [-0.05, 0) is 24.3 Å². The molecule has 0 aliphatic heterocycles. The summed E-state index contributed by atoms with van der Waals surface area (Å²) in [6.45, 7) is 5.86. The van der Waals surface area contributed by atoms with Gasteiger partial charge < -0.3 is 5.11 Å². The van der Waals surface area contributed by atoms with Crippen LogP contribution in [0.2, 0.25) is 5.02 Å². The molecular formula is C13H14ClN3O2. The highest BCUT2D eigenvalue weighted by atomic mass is 35.5. The van der Waals surface area contributed by atoms with Gasteiger partial charge in [-0.2, -0.15) is 0 Å². The summed E-state index contributed by atoms with van der Waals surface area (Å²) in [6, 6.07) is 7.01. The van der Waals surface area contributed by atoms with Gasteiger partial charge >= 0.3 is 5.97 Å². The van der Waals surface area contributed by atoms with E-state index in [1.54, 1.807) is 28.9 Å². The molecule has 0 aliphatic rings. The molecule has 100 valence electrons. The molecule has 1 aromatic carbocycles. The lowest BCUT2D eigenvalue weighted by molar-refractivity contribution is 0.0683. The van der Waals surface area contributed by atoms with Crippen molar-refractivity contribution in [1.29, 1.82) is 0 Å². The molecule has 0 saturated heterocycles. The zero-order valence-corrected chi connectivity index (χ0v) is 11.6. The second kappa shape index (κ2) is 4.66. The Morgan fingerprint density at radius 2 is 1.84 bits per heavy atom. The molecule has 2 aromatic rings. The van der Waals surface area contributed by atoms with Gasteiger partial charge in [0.25, 0.3) is 5.82 Å². The Morgan fingerprint density at radius 3 is 2.32 bits per heavy atom. The van der Waals surface area contributed by atoms with Crippen LogP contribution < -0.4 is 0 Å². The van der Waals surface area contributed by atoms with Crippen LogP contribution in [-0.4, -0.2) is 25.8 Å². The van der Waals surface area contributed by atoms with E-state index < -0.39 is 5.97 Å².